The molecule has 0 aromatic carbocycles. The zero-order chi connectivity index (χ0) is 9.19. The van der Waals surface area contributed by atoms with Gasteiger partial charge in [0.1, 0.15) is 4.87 Å². The average Bonchev–Trinajstić information content (AvgIpc) is 2.05. The van der Waals surface area contributed by atoms with Gasteiger partial charge in [-0.15, -0.1) is 11.6 Å². The van der Waals surface area contributed by atoms with Crippen LogP contribution < -0.4 is 0 Å². The second kappa shape index (κ2) is 3.65. The summed E-state index contributed by atoms with van der Waals surface area (Å²) in [4.78, 5) is 9.95. The van der Waals surface area contributed by atoms with E-state index in [1.54, 1.807) is 0 Å². The monoisotopic (exact) mass is 190 g/mol. The molecule has 0 radical (unpaired) electrons. The summed E-state index contributed by atoms with van der Waals surface area (Å²) in [5.41, 5.74) is 0. The van der Waals surface area contributed by atoms with Gasteiger partial charge in [-0.3, -0.25) is 4.79 Å². The van der Waals surface area contributed by atoms with Crippen molar-refractivity contribution in [1.82, 2.24) is 0 Å². The minimum absolute atomic E-state index is 0.158. The number of aliphatic carboxylic acids is 1. The molecular formula is C9H15ClO2. The van der Waals surface area contributed by atoms with Crippen molar-refractivity contribution in [2.45, 2.75) is 43.9 Å². The number of carboxylic acid groups (broad SMARTS) is 1. The van der Waals surface area contributed by atoms with Crippen LogP contribution in [0.3, 0.4) is 0 Å². The second-order valence-corrected chi connectivity index (χ2v) is 4.19. The number of carbonyl (C=O) groups is 1. The number of halogens is 1. The lowest BCUT2D eigenvalue weighted by atomic mass is 9.77. The van der Waals surface area contributed by atoms with E-state index in [-0.39, 0.29) is 5.92 Å². The third-order valence-electron chi connectivity index (χ3n) is 2.84. The van der Waals surface area contributed by atoms with Gasteiger partial charge >= 0.3 is 5.97 Å². The molecule has 2 nitrogen and oxygen atoms in total. The summed E-state index contributed by atoms with van der Waals surface area (Å²) >= 11 is 6.08. The Hall–Kier alpha value is -0.240. The van der Waals surface area contributed by atoms with E-state index >= 15 is 0 Å². The highest BCUT2D eigenvalue weighted by Crippen LogP contribution is 2.41. The lowest BCUT2D eigenvalue weighted by Gasteiger charge is -2.35. The summed E-state index contributed by atoms with van der Waals surface area (Å²) in [5, 5.41) is 8.97. The molecule has 1 N–H and O–H groups in total. The van der Waals surface area contributed by atoms with E-state index < -0.39 is 10.8 Å². The minimum atomic E-state index is -0.965. The summed E-state index contributed by atoms with van der Waals surface area (Å²) in [6, 6.07) is 0. The molecule has 2 atom stereocenters. The van der Waals surface area contributed by atoms with Crippen LogP contribution in [0.25, 0.3) is 0 Å². The SMILES string of the molecule is CCC1CCCCC1(Cl)C(=O)O. The Morgan fingerprint density at radius 2 is 2.33 bits per heavy atom. The van der Waals surface area contributed by atoms with E-state index in [1.165, 1.54) is 0 Å². The Morgan fingerprint density at radius 1 is 1.67 bits per heavy atom. The molecule has 3 heteroatoms. The van der Waals surface area contributed by atoms with Crippen LogP contribution in [-0.4, -0.2) is 16.0 Å². The quantitative estimate of drug-likeness (QED) is 0.680. The Kier molecular flexibility index (Phi) is 2.99. The van der Waals surface area contributed by atoms with Gasteiger partial charge in [-0.2, -0.15) is 0 Å². The molecule has 1 aliphatic carbocycles. The van der Waals surface area contributed by atoms with Crippen molar-refractivity contribution in [2.24, 2.45) is 5.92 Å². The fourth-order valence-electron chi connectivity index (χ4n) is 2.02. The van der Waals surface area contributed by atoms with Gasteiger partial charge < -0.3 is 5.11 Å². The van der Waals surface area contributed by atoms with Crippen LogP contribution in [0.2, 0.25) is 0 Å². The zero-order valence-electron chi connectivity index (χ0n) is 7.35. The predicted octanol–water partition coefficient (Wildman–Crippen LogP) is 2.65. The first-order chi connectivity index (χ1) is 5.61. The fourth-order valence-corrected chi connectivity index (χ4v) is 2.41. The van der Waals surface area contributed by atoms with Gasteiger partial charge in [0, 0.05) is 0 Å². The van der Waals surface area contributed by atoms with Crippen molar-refractivity contribution < 1.29 is 9.90 Å². The highest BCUT2D eigenvalue weighted by molar-refractivity contribution is 6.34. The maximum Gasteiger partial charge on any atom is 0.325 e. The molecule has 1 saturated carbocycles. The molecule has 0 spiro atoms. The van der Waals surface area contributed by atoms with Crippen molar-refractivity contribution in [3.05, 3.63) is 0 Å². The van der Waals surface area contributed by atoms with E-state index in [0.29, 0.717) is 6.42 Å². The molecule has 2 unspecified atom stereocenters. The van der Waals surface area contributed by atoms with E-state index in [1.807, 2.05) is 6.92 Å². The molecule has 70 valence electrons. The molecule has 0 heterocycles. The topological polar surface area (TPSA) is 37.3 Å². The van der Waals surface area contributed by atoms with Crippen LogP contribution in [0, 0.1) is 5.92 Å². The molecular weight excluding hydrogens is 176 g/mol. The van der Waals surface area contributed by atoms with Crippen LogP contribution in [0.4, 0.5) is 0 Å². The largest absolute Gasteiger partial charge is 0.480 e. The smallest absolute Gasteiger partial charge is 0.325 e. The second-order valence-electron chi connectivity index (χ2n) is 3.52. The molecule has 1 rings (SSSR count). The normalized spacial score (nSPS) is 36.3. The summed E-state index contributed by atoms with van der Waals surface area (Å²) in [6.45, 7) is 2.01. The van der Waals surface area contributed by atoms with Gasteiger partial charge in [0.15, 0.2) is 0 Å². The van der Waals surface area contributed by atoms with Gasteiger partial charge in [-0.1, -0.05) is 26.2 Å². The van der Waals surface area contributed by atoms with Gasteiger partial charge in [0.2, 0.25) is 0 Å². The number of hydrogen-bond donors (Lipinski definition) is 1. The van der Waals surface area contributed by atoms with E-state index in [4.69, 9.17) is 16.7 Å². The van der Waals surface area contributed by atoms with E-state index in [0.717, 1.165) is 25.7 Å². The standard InChI is InChI=1S/C9H15ClO2/c1-2-7-5-3-4-6-9(7,10)8(11)12/h7H,2-6H2,1H3,(H,11,12). The first-order valence-corrected chi connectivity index (χ1v) is 4.91. The Balaban J connectivity index is 2.75. The molecule has 1 aliphatic rings. The first kappa shape index (κ1) is 9.85. The Morgan fingerprint density at radius 3 is 2.75 bits per heavy atom. The molecule has 0 aromatic rings. The van der Waals surface area contributed by atoms with E-state index in [9.17, 15) is 4.79 Å². The third-order valence-corrected chi connectivity index (χ3v) is 3.50. The van der Waals surface area contributed by atoms with Gasteiger partial charge in [0.25, 0.3) is 0 Å². The molecule has 0 aromatic heterocycles. The number of hydrogen-bond acceptors (Lipinski definition) is 1. The van der Waals surface area contributed by atoms with Gasteiger partial charge in [-0.05, 0) is 18.8 Å². The van der Waals surface area contributed by atoms with Gasteiger partial charge in [0.05, 0.1) is 0 Å². The van der Waals surface area contributed by atoms with Crippen LogP contribution >= 0.6 is 11.6 Å². The molecule has 0 aliphatic heterocycles. The number of alkyl halides is 1. The average molecular weight is 191 g/mol. The van der Waals surface area contributed by atoms with Crippen molar-refractivity contribution in [2.75, 3.05) is 0 Å². The summed E-state index contributed by atoms with van der Waals surface area (Å²) in [5.74, 6) is -0.680. The van der Waals surface area contributed by atoms with E-state index in [2.05, 4.69) is 0 Å². The van der Waals surface area contributed by atoms with Crippen molar-refractivity contribution in [1.29, 1.82) is 0 Å². The highest BCUT2D eigenvalue weighted by atomic mass is 35.5. The summed E-state index contributed by atoms with van der Waals surface area (Å²) in [7, 11) is 0. The molecule has 0 bridgehead atoms. The lowest BCUT2D eigenvalue weighted by molar-refractivity contribution is -0.143. The molecule has 0 amide bonds. The predicted molar refractivity (Wildman–Crippen MR) is 48.5 cm³/mol. The minimum Gasteiger partial charge on any atom is -0.480 e. The van der Waals surface area contributed by atoms with Crippen LogP contribution in [0.1, 0.15) is 39.0 Å². The molecule has 1 fully saturated rings. The van der Waals surface area contributed by atoms with Crippen LogP contribution in [0.15, 0.2) is 0 Å². The maximum absolute atomic E-state index is 10.9. The van der Waals surface area contributed by atoms with Crippen molar-refractivity contribution >= 4 is 17.6 Å². The number of rotatable bonds is 2. The summed E-state index contributed by atoms with van der Waals surface area (Å²) < 4.78 is 0. The van der Waals surface area contributed by atoms with Crippen LogP contribution in [0.5, 0.6) is 0 Å². The molecule has 12 heavy (non-hydrogen) atoms. The Labute approximate surface area is 77.9 Å². The third kappa shape index (κ3) is 1.58. The highest BCUT2D eigenvalue weighted by Gasteiger charge is 2.44. The number of carboxylic acids is 1. The van der Waals surface area contributed by atoms with Crippen molar-refractivity contribution in [3.63, 3.8) is 0 Å². The Bertz CT molecular complexity index is 181. The van der Waals surface area contributed by atoms with Gasteiger partial charge in [-0.25, -0.2) is 0 Å². The zero-order valence-corrected chi connectivity index (χ0v) is 8.10. The maximum atomic E-state index is 10.9. The van der Waals surface area contributed by atoms with Crippen LogP contribution in [-0.2, 0) is 4.79 Å². The lowest BCUT2D eigenvalue weighted by Crippen LogP contribution is -2.42. The summed E-state index contributed by atoms with van der Waals surface area (Å²) in [6.07, 6.45) is 4.54. The first-order valence-electron chi connectivity index (χ1n) is 4.53. The molecule has 0 saturated heterocycles. The fraction of sp³-hybridized carbons (Fsp3) is 0.889. The van der Waals surface area contributed by atoms with Crippen molar-refractivity contribution in [3.8, 4) is 0 Å².